The van der Waals surface area contributed by atoms with Gasteiger partial charge in [0, 0.05) is 13.0 Å². The molecular weight excluding hydrogens is 292 g/mol. The van der Waals surface area contributed by atoms with E-state index >= 15 is 0 Å². The third-order valence-corrected chi connectivity index (χ3v) is 4.08. The summed E-state index contributed by atoms with van der Waals surface area (Å²) >= 11 is 0. The first-order chi connectivity index (χ1) is 10.0. The third kappa shape index (κ3) is 3.26. The van der Waals surface area contributed by atoms with E-state index in [1.165, 1.54) is 11.6 Å². The zero-order valence-electron chi connectivity index (χ0n) is 11.3. The molecule has 0 fully saturated rings. The van der Waals surface area contributed by atoms with Gasteiger partial charge in [-0.15, -0.1) is 0 Å². The fourth-order valence-corrected chi connectivity index (χ4v) is 2.81. The number of furan rings is 1. The average molecular weight is 308 g/mol. The molecule has 1 aliphatic heterocycles. The largest absolute Gasteiger partial charge is 0.488 e. The maximum absolute atomic E-state index is 11.1. The van der Waals surface area contributed by atoms with E-state index in [2.05, 4.69) is 11.4 Å². The molecular formula is C14H16N2O4S. The summed E-state index contributed by atoms with van der Waals surface area (Å²) in [6.07, 6.45) is 0.944. The summed E-state index contributed by atoms with van der Waals surface area (Å²) in [4.78, 5) is 0. The van der Waals surface area contributed by atoms with E-state index in [0.29, 0.717) is 18.8 Å². The number of nitrogens with two attached hydrogens (primary N) is 1. The van der Waals surface area contributed by atoms with Crippen molar-refractivity contribution in [2.45, 2.75) is 24.2 Å². The number of hydrogen-bond acceptors (Lipinski definition) is 5. The molecule has 6 nitrogen and oxygen atoms in total. The van der Waals surface area contributed by atoms with Crippen LogP contribution in [0.5, 0.6) is 5.75 Å². The molecule has 1 aromatic carbocycles. The maximum atomic E-state index is 11.1. The minimum Gasteiger partial charge on any atom is -0.488 e. The van der Waals surface area contributed by atoms with Crippen LogP contribution in [-0.2, 0) is 23.0 Å². The maximum Gasteiger partial charge on any atom is 0.271 e. The Hall–Kier alpha value is -1.83. The second-order valence-corrected chi connectivity index (χ2v) is 6.44. The Morgan fingerprint density at radius 2 is 2.05 bits per heavy atom. The van der Waals surface area contributed by atoms with Crippen molar-refractivity contribution in [2.24, 2.45) is 5.14 Å². The molecule has 2 heterocycles. The number of rotatable bonds is 5. The second kappa shape index (κ2) is 5.51. The van der Waals surface area contributed by atoms with Gasteiger partial charge in [0.25, 0.3) is 10.0 Å². The molecule has 1 aromatic heterocycles. The van der Waals surface area contributed by atoms with Crippen molar-refractivity contribution in [3.63, 3.8) is 0 Å². The van der Waals surface area contributed by atoms with Crippen LogP contribution in [0.4, 0.5) is 0 Å². The van der Waals surface area contributed by atoms with Crippen molar-refractivity contribution < 1.29 is 17.6 Å². The van der Waals surface area contributed by atoms with E-state index in [9.17, 15) is 8.42 Å². The topological polar surface area (TPSA) is 94.6 Å². The minimum atomic E-state index is -3.78. The second-order valence-electron chi connectivity index (χ2n) is 4.95. The summed E-state index contributed by atoms with van der Waals surface area (Å²) in [5.74, 6) is 1.45. The number of benzene rings is 1. The summed E-state index contributed by atoms with van der Waals surface area (Å²) in [5, 5.41) is 7.96. The molecule has 0 aliphatic carbocycles. The molecule has 0 saturated carbocycles. The van der Waals surface area contributed by atoms with Gasteiger partial charge in [0.1, 0.15) is 17.6 Å². The van der Waals surface area contributed by atoms with Gasteiger partial charge in [0.05, 0.1) is 6.54 Å². The highest BCUT2D eigenvalue weighted by molar-refractivity contribution is 7.89. The first-order valence-corrected chi connectivity index (χ1v) is 8.14. The molecule has 0 saturated heterocycles. The van der Waals surface area contributed by atoms with Crippen LogP contribution in [0.25, 0.3) is 0 Å². The Balaban J connectivity index is 1.51. The van der Waals surface area contributed by atoms with E-state index in [0.717, 1.165) is 12.2 Å². The lowest BCUT2D eigenvalue weighted by Crippen LogP contribution is -2.29. The number of ether oxygens (including phenoxy) is 1. The fraction of sp³-hybridized carbons (Fsp3) is 0.286. The number of hydrogen-bond donors (Lipinski definition) is 2. The van der Waals surface area contributed by atoms with Crippen LogP contribution in [0, 0.1) is 0 Å². The lowest BCUT2D eigenvalue weighted by molar-refractivity contribution is 0.225. The summed E-state index contributed by atoms with van der Waals surface area (Å²) in [6, 6.07) is 10.9. The van der Waals surface area contributed by atoms with Crippen molar-refractivity contribution in [3.05, 3.63) is 47.7 Å². The molecule has 3 N–H and O–H groups in total. The standard InChI is InChI=1S/C14H16N2O4S/c15-21(17,18)14-6-5-11(20-14)8-16-9-12-7-10-3-1-2-4-13(10)19-12/h1-6,12,16H,7-9H2,(H2,15,17,18). The summed E-state index contributed by atoms with van der Waals surface area (Å²) in [7, 11) is -3.78. The fourth-order valence-electron chi connectivity index (χ4n) is 2.33. The van der Waals surface area contributed by atoms with Crippen LogP contribution < -0.4 is 15.2 Å². The van der Waals surface area contributed by atoms with Gasteiger partial charge >= 0.3 is 0 Å². The van der Waals surface area contributed by atoms with Gasteiger partial charge in [-0.05, 0) is 23.8 Å². The SMILES string of the molecule is NS(=O)(=O)c1ccc(CNCC2Cc3ccccc3O2)o1. The molecule has 2 aromatic rings. The van der Waals surface area contributed by atoms with Crippen LogP contribution in [0.1, 0.15) is 11.3 Å². The third-order valence-electron chi connectivity index (χ3n) is 3.30. The number of fused-ring (bicyclic) bond motifs is 1. The molecule has 0 radical (unpaired) electrons. The molecule has 7 heteroatoms. The monoisotopic (exact) mass is 308 g/mol. The summed E-state index contributed by atoms with van der Waals surface area (Å²) < 4.78 is 33.2. The quantitative estimate of drug-likeness (QED) is 0.860. The van der Waals surface area contributed by atoms with Gasteiger partial charge in [0.2, 0.25) is 5.09 Å². The summed E-state index contributed by atoms with van der Waals surface area (Å²) in [6.45, 7) is 1.08. The van der Waals surface area contributed by atoms with E-state index < -0.39 is 10.0 Å². The van der Waals surface area contributed by atoms with Crippen LogP contribution in [0.15, 0.2) is 45.9 Å². The Kier molecular flexibility index (Phi) is 3.71. The van der Waals surface area contributed by atoms with E-state index in [1.54, 1.807) is 6.07 Å². The first kappa shape index (κ1) is 14.1. The Bertz CT molecular complexity index is 714. The molecule has 21 heavy (non-hydrogen) atoms. The van der Waals surface area contributed by atoms with Crippen molar-refractivity contribution in [2.75, 3.05) is 6.54 Å². The van der Waals surface area contributed by atoms with Crippen LogP contribution in [0.3, 0.4) is 0 Å². The predicted octanol–water partition coefficient (Wildman–Crippen LogP) is 1.02. The van der Waals surface area contributed by atoms with Gasteiger partial charge < -0.3 is 14.5 Å². The Labute approximate surface area is 123 Å². The summed E-state index contributed by atoms with van der Waals surface area (Å²) in [5.41, 5.74) is 1.21. The lowest BCUT2D eigenvalue weighted by Gasteiger charge is -2.10. The molecule has 1 aliphatic rings. The van der Waals surface area contributed by atoms with E-state index in [4.69, 9.17) is 14.3 Å². The molecule has 0 spiro atoms. The molecule has 0 bridgehead atoms. The van der Waals surface area contributed by atoms with E-state index in [-0.39, 0.29) is 11.2 Å². The van der Waals surface area contributed by atoms with Crippen molar-refractivity contribution >= 4 is 10.0 Å². The highest BCUT2D eigenvalue weighted by Crippen LogP contribution is 2.27. The molecule has 0 amide bonds. The lowest BCUT2D eigenvalue weighted by atomic mass is 10.1. The van der Waals surface area contributed by atoms with Gasteiger partial charge in [0.15, 0.2) is 0 Å². The molecule has 112 valence electrons. The van der Waals surface area contributed by atoms with Gasteiger partial charge in [-0.1, -0.05) is 18.2 Å². The first-order valence-electron chi connectivity index (χ1n) is 6.59. The van der Waals surface area contributed by atoms with Gasteiger partial charge in [-0.25, -0.2) is 13.6 Å². The highest BCUT2D eigenvalue weighted by Gasteiger charge is 2.21. The molecule has 1 atom stereocenters. The number of sulfonamides is 1. The minimum absolute atomic E-state index is 0.0788. The van der Waals surface area contributed by atoms with Crippen molar-refractivity contribution in [3.8, 4) is 5.75 Å². The zero-order valence-corrected chi connectivity index (χ0v) is 12.1. The highest BCUT2D eigenvalue weighted by atomic mass is 32.2. The average Bonchev–Trinajstić information content (AvgIpc) is 3.03. The zero-order chi connectivity index (χ0) is 14.9. The molecule has 1 unspecified atom stereocenters. The Morgan fingerprint density at radius 1 is 1.24 bits per heavy atom. The smallest absolute Gasteiger partial charge is 0.271 e. The van der Waals surface area contributed by atoms with Crippen LogP contribution >= 0.6 is 0 Å². The normalized spacial score (nSPS) is 17.5. The predicted molar refractivity (Wildman–Crippen MR) is 76.3 cm³/mol. The van der Waals surface area contributed by atoms with Crippen molar-refractivity contribution in [1.82, 2.24) is 5.32 Å². The molecule has 3 rings (SSSR count). The van der Waals surface area contributed by atoms with Crippen molar-refractivity contribution in [1.29, 1.82) is 0 Å². The number of para-hydroxylation sites is 1. The van der Waals surface area contributed by atoms with Crippen LogP contribution in [0.2, 0.25) is 0 Å². The van der Waals surface area contributed by atoms with E-state index in [1.807, 2.05) is 18.2 Å². The van der Waals surface area contributed by atoms with Gasteiger partial charge in [-0.2, -0.15) is 0 Å². The number of primary sulfonamides is 1. The Morgan fingerprint density at radius 3 is 2.76 bits per heavy atom. The van der Waals surface area contributed by atoms with Crippen LogP contribution in [-0.4, -0.2) is 21.1 Å². The van der Waals surface area contributed by atoms with Gasteiger partial charge in [-0.3, -0.25) is 0 Å². The number of nitrogens with one attached hydrogen (secondary N) is 1.